The summed E-state index contributed by atoms with van der Waals surface area (Å²) in [5.74, 6) is 3.69. The third kappa shape index (κ3) is 4.05. The normalized spacial score (nSPS) is 11.1. The number of nitrogens with two attached hydrogens (primary N) is 1. The number of rotatable bonds is 5. The van der Waals surface area contributed by atoms with Crippen LogP contribution in [0.1, 0.15) is 15.9 Å². The van der Waals surface area contributed by atoms with Crippen molar-refractivity contribution in [3.8, 4) is 0 Å². The first-order valence-corrected chi connectivity index (χ1v) is 8.50. The summed E-state index contributed by atoms with van der Waals surface area (Å²) < 4.78 is 39.2. The molecule has 0 atom stereocenters. The van der Waals surface area contributed by atoms with Crippen LogP contribution in [0.25, 0.3) is 0 Å². The molecule has 0 spiro atoms. The number of nitrogen functional groups attached to an aromatic ring is 1. The molecular weight excluding hydrogens is 321 g/mol. The van der Waals surface area contributed by atoms with Crippen molar-refractivity contribution in [1.29, 1.82) is 0 Å². The zero-order valence-corrected chi connectivity index (χ0v) is 13.2. The molecule has 0 aromatic heterocycles. The van der Waals surface area contributed by atoms with Gasteiger partial charge in [0.2, 0.25) is 10.0 Å². The highest BCUT2D eigenvalue weighted by atomic mass is 32.2. The number of sulfonamides is 1. The molecule has 0 fully saturated rings. The Balaban J connectivity index is 2.36. The fourth-order valence-corrected chi connectivity index (χ4v) is 2.93. The number of hydrazine groups is 1. The Labute approximate surface area is 133 Å². The molecule has 3 N–H and O–H groups in total. The van der Waals surface area contributed by atoms with Gasteiger partial charge in [0, 0.05) is 11.1 Å². The van der Waals surface area contributed by atoms with Gasteiger partial charge in [0.1, 0.15) is 5.82 Å². The smallest absolute Gasteiger partial charge is 0.265 e. The molecule has 122 valence electrons. The Morgan fingerprint density at radius 2 is 1.87 bits per heavy atom. The number of carbonyl (C=O) groups is 1. The van der Waals surface area contributed by atoms with E-state index in [4.69, 9.17) is 5.84 Å². The molecule has 6 nitrogen and oxygen atoms in total. The van der Waals surface area contributed by atoms with Gasteiger partial charge in [-0.25, -0.2) is 18.7 Å². The van der Waals surface area contributed by atoms with Crippen LogP contribution in [-0.4, -0.2) is 20.6 Å². The lowest BCUT2D eigenvalue weighted by atomic mass is 10.1. The van der Waals surface area contributed by atoms with Crippen molar-refractivity contribution in [2.75, 3.05) is 10.6 Å². The first-order valence-electron chi connectivity index (χ1n) is 6.65. The number of hydrogen-bond acceptors (Lipinski definition) is 4. The second kappa shape index (κ2) is 6.76. The number of nitrogens with zero attached hydrogens (tertiary/aromatic N) is 1. The van der Waals surface area contributed by atoms with Crippen LogP contribution in [0, 0.1) is 5.82 Å². The lowest BCUT2D eigenvalue weighted by Crippen LogP contribution is -2.31. The molecule has 0 radical (unpaired) electrons. The summed E-state index contributed by atoms with van der Waals surface area (Å²) in [6.45, 7) is -0.181. The van der Waals surface area contributed by atoms with Crippen LogP contribution in [0.15, 0.2) is 48.5 Å². The van der Waals surface area contributed by atoms with Gasteiger partial charge in [-0.05, 0) is 24.3 Å². The molecule has 0 unspecified atom stereocenters. The van der Waals surface area contributed by atoms with Crippen molar-refractivity contribution in [1.82, 2.24) is 5.43 Å². The van der Waals surface area contributed by atoms with Gasteiger partial charge in [-0.3, -0.25) is 14.5 Å². The molecule has 0 aliphatic heterocycles. The predicted molar refractivity (Wildman–Crippen MR) is 85.5 cm³/mol. The van der Waals surface area contributed by atoms with Crippen molar-refractivity contribution in [2.45, 2.75) is 6.54 Å². The number of hydrogen-bond donors (Lipinski definition) is 2. The Morgan fingerprint density at radius 1 is 1.22 bits per heavy atom. The van der Waals surface area contributed by atoms with Crippen LogP contribution in [0.2, 0.25) is 0 Å². The Hall–Kier alpha value is -2.45. The van der Waals surface area contributed by atoms with Crippen LogP contribution in [0.5, 0.6) is 0 Å². The monoisotopic (exact) mass is 337 g/mol. The van der Waals surface area contributed by atoms with E-state index >= 15 is 0 Å². The first kappa shape index (κ1) is 16.9. The molecule has 0 saturated carbocycles. The summed E-state index contributed by atoms with van der Waals surface area (Å²) in [5.41, 5.74) is 2.54. The van der Waals surface area contributed by atoms with Gasteiger partial charge < -0.3 is 0 Å². The second-order valence-electron chi connectivity index (χ2n) is 4.88. The molecule has 0 aliphatic rings. The molecule has 0 aliphatic carbocycles. The van der Waals surface area contributed by atoms with Gasteiger partial charge >= 0.3 is 0 Å². The topological polar surface area (TPSA) is 92.5 Å². The van der Waals surface area contributed by atoms with Gasteiger partial charge in [0.05, 0.1) is 18.5 Å². The van der Waals surface area contributed by atoms with Gasteiger partial charge in [0.15, 0.2) is 0 Å². The lowest BCUT2D eigenvalue weighted by Gasteiger charge is -2.22. The first-order chi connectivity index (χ1) is 10.8. The molecular formula is C15H16FN3O3S. The molecule has 2 aromatic rings. The summed E-state index contributed by atoms with van der Waals surface area (Å²) in [6.07, 6.45) is 1.05. The number of carbonyl (C=O) groups excluding carboxylic acids is 1. The largest absolute Gasteiger partial charge is 0.290 e. The van der Waals surface area contributed by atoms with Crippen molar-refractivity contribution < 1.29 is 17.6 Å². The molecule has 2 aromatic carbocycles. The zero-order valence-electron chi connectivity index (χ0n) is 12.4. The van der Waals surface area contributed by atoms with Crippen LogP contribution < -0.4 is 15.6 Å². The Bertz CT molecular complexity index is 810. The van der Waals surface area contributed by atoms with Gasteiger partial charge in [-0.1, -0.05) is 24.3 Å². The standard InChI is InChI=1S/C15H16FN3O3S/c1-23(21,22)19(13-5-3-2-4-6-13)10-12-8-7-11(9-14(12)16)15(20)18-17/h2-9H,10,17H2,1H3,(H,18,20). The SMILES string of the molecule is CS(=O)(=O)N(Cc1ccc(C(=O)NN)cc1F)c1ccccc1. The van der Waals surface area contributed by atoms with Gasteiger partial charge in [0.25, 0.3) is 5.91 Å². The van der Waals surface area contributed by atoms with Crippen molar-refractivity contribution in [2.24, 2.45) is 5.84 Å². The van der Waals surface area contributed by atoms with Gasteiger partial charge in [-0.15, -0.1) is 0 Å². The molecule has 0 heterocycles. The Kier molecular flexibility index (Phi) is 4.97. The molecule has 0 bridgehead atoms. The quantitative estimate of drug-likeness (QED) is 0.490. The molecule has 1 amide bonds. The average Bonchev–Trinajstić information content (AvgIpc) is 2.52. The molecule has 8 heteroatoms. The summed E-state index contributed by atoms with van der Waals surface area (Å²) in [6, 6.07) is 12.1. The number of para-hydroxylation sites is 1. The number of halogens is 1. The van der Waals surface area contributed by atoms with E-state index in [1.54, 1.807) is 30.3 Å². The fourth-order valence-electron chi connectivity index (χ4n) is 2.05. The minimum Gasteiger partial charge on any atom is -0.290 e. The minimum atomic E-state index is -3.60. The second-order valence-corrected chi connectivity index (χ2v) is 6.79. The third-order valence-electron chi connectivity index (χ3n) is 3.20. The molecule has 0 saturated heterocycles. The molecule has 2 rings (SSSR count). The number of amides is 1. The third-order valence-corrected chi connectivity index (χ3v) is 4.35. The van der Waals surface area contributed by atoms with Crippen molar-refractivity contribution in [3.05, 3.63) is 65.5 Å². The highest BCUT2D eigenvalue weighted by molar-refractivity contribution is 7.92. The van der Waals surface area contributed by atoms with Crippen LogP contribution in [0.3, 0.4) is 0 Å². The maximum atomic E-state index is 14.2. The van der Waals surface area contributed by atoms with E-state index in [1.165, 1.54) is 12.1 Å². The highest BCUT2D eigenvalue weighted by Gasteiger charge is 2.19. The maximum absolute atomic E-state index is 14.2. The minimum absolute atomic E-state index is 0.0550. The van der Waals surface area contributed by atoms with E-state index in [2.05, 4.69) is 0 Å². The fraction of sp³-hybridized carbons (Fsp3) is 0.133. The van der Waals surface area contributed by atoms with Gasteiger partial charge in [-0.2, -0.15) is 0 Å². The van der Waals surface area contributed by atoms with E-state index in [1.807, 2.05) is 5.43 Å². The van der Waals surface area contributed by atoms with Crippen LogP contribution in [0.4, 0.5) is 10.1 Å². The van der Waals surface area contributed by atoms with Crippen LogP contribution in [-0.2, 0) is 16.6 Å². The zero-order chi connectivity index (χ0) is 17.0. The highest BCUT2D eigenvalue weighted by Crippen LogP contribution is 2.21. The number of anilines is 1. The summed E-state index contributed by atoms with van der Waals surface area (Å²) in [4.78, 5) is 11.4. The van der Waals surface area contributed by atoms with Crippen LogP contribution >= 0.6 is 0 Å². The summed E-state index contributed by atoms with van der Waals surface area (Å²) in [7, 11) is -3.60. The van der Waals surface area contributed by atoms with E-state index < -0.39 is 21.7 Å². The molecule has 23 heavy (non-hydrogen) atoms. The average molecular weight is 337 g/mol. The van der Waals surface area contributed by atoms with Crippen molar-refractivity contribution in [3.63, 3.8) is 0 Å². The summed E-state index contributed by atoms with van der Waals surface area (Å²) in [5, 5.41) is 0. The van der Waals surface area contributed by atoms with E-state index in [-0.39, 0.29) is 17.7 Å². The van der Waals surface area contributed by atoms with E-state index in [0.29, 0.717) is 5.69 Å². The maximum Gasteiger partial charge on any atom is 0.265 e. The van der Waals surface area contributed by atoms with E-state index in [9.17, 15) is 17.6 Å². The number of nitrogens with one attached hydrogen (secondary N) is 1. The van der Waals surface area contributed by atoms with E-state index in [0.717, 1.165) is 16.6 Å². The predicted octanol–water partition coefficient (Wildman–Crippen LogP) is 1.40. The van der Waals surface area contributed by atoms with Crippen molar-refractivity contribution >= 4 is 21.6 Å². The number of benzene rings is 2. The lowest BCUT2D eigenvalue weighted by molar-refractivity contribution is 0.0953. The summed E-state index contributed by atoms with van der Waals surface area (Å²) >= 11 is 0. The Morgan fingerprint density at radius 3 is 2.39 bits per heavy atom.